The summed E-state index contributed by atoms with van der Waals surface area (Å²) < 4.78 is 0. The zero-order chi connectivity index (χ0) is 18.8. The van der Waals surface area contributed by atoms with Crippen molar-refractivity contribution in [3.8, 4) is 17.2 Å². The van der Waals surface area contributed by atoms with Gasteiger partial charge in [-0.3, -0.25) is 4.98 Å². The lowest BCUT2D eigenvalue weighted by Gasteiger charge is -2.39. The molecule has 1 N–H and O–H groups in total. The van der Waals surface area contributed by atoms with Crippen molar-refractivity contribution in [2.24, 2.45) is 5.41 Å². The maximum atomic E-state index is 11.5. The standard InChI is InChI=1S/C20H19N5O/c1-19(2,3)20(26,16-11-22-13-23-12-16)18-7-5-15(10-25-18)14-4-6-17(8-21)24-9-14/h4-7,9-13,26H,1-3H3. The summed E-state index contributed by atoms with van der Waals surface area (Å²) in [5, 5.41) is 20.4. The van der Waals surface area contributed by atoms with Gasteiger partial charge in [-0.25, -0.2) is 15.0 Å². The van der Waals surface area contributed by atoms with E-state index in [1.807, 2.05) is 39.0 Å². The van der Waals surface area contributed by atoms with Crippen LogP contribution in [0, 0.1) is 16.7 Å². The number of hydrogen-bond donors (Lipinski definition) is 1. The lowest BCUT2D eigenvalue weighted by Crippen LogP contribution is -2.42. The molecule has 0 aliphatic heterocycles. The number of nitriles is 1. The van der Waals surface area contributed by atoms with Gasteiger partial charge in [0.2, 0.25) is 0 Å². The Bertz CT molecular complexity index is 925. The summed E-state index contributed by atoms with van der Waals surface area (Å²) in [4.78, 5) is 16.7. The predicted octanol–water partition coefficient (Wildman–Crippen LogP) is 3.09. The zero-order valence-corrected chi connectivity index (χ0v) is 14.9. The second-order valence-corrected chi connectivity index (χ2v) is 7.06. The van der Waals surface area contributed by atoms with Crippen LogP contribution in [0.4, 0.5) is 0 Å². The highest BCUT2D eigenvalue weighted by Crippen LogP contribution is 2.43. The molecule has 0 fully saturated rings. The van der Waals surface area contributed by atoms with Crippen LogP contribution < -0.4 is 0 Å². The average molecular weight is 345 g/mol. The van der Waals surface area contributed by atoms with Gasteiger partial charge in [0.05, 0.1) is 5.69 Å². The molecule has 0 saturated heterocycles. The van der Waals surface area contributed by atoms with E-state index in [1.165, 1.54) is 6.33 Å². The molecular weight excluding hydrogens is 326 g/mol. The van der Waals surface area contributed by atoms with Gasteiger partial charge in [-0.05, 0) is 18.2 Å². The van der Waals surface area contributed by atoms with Crippen LogP contribution in [0.5, 0.6) is 0 Å². The highest BCUT2D eigenvalue weighted by Gasteiger charge is 2.45. The Labute approximate surface area is 152 Å². The summed E-state index contributed by atoms with van der Waals surface area (Å²) in [7, 11) is 0. The summed E-state index contributed by atoms with van der Waals surface area (Å²) >= 11 is 0. The molecule has 1 atom stereocenters. The number of aliphatic hydroxyl groups is 1. The van der Waals surface area contributed by atoms with Crippen LogP contribution in [0.1, 0.15) is 37.7 Å². The zero-order valence-electron chi connectivity index (χ0n) is 14.9. The second-order valence-electron chi connectivity index (χ2n) is 7.06. The molecule has 3 aromatic rings. The quantitative estimate of drug-likeness (QED) is 0.784. The van der Waals surface area contributed by atoms with E-state index >= 15 is 0 Å². The molecule has 0 saturated carbocycles. The monoisotopic (exact) mass is 345 g/mol. The fraction of sp³-hybridized carbons (Fsp3) is 0.250. The minimum Gasteiger partial charge on any atom is -0.378 e. The molecule has 0 aliphatic carbocycles. The predicted molar refractivity (Wildman–Crippen MR) is 96.7 cm³/mol. The normalized spacial score (nSPS) is 13.7. The van der Waals surface area contributed by atoms with Crippen molar-refractivity contribution < 1.29 is 5.11 Å². The lowest BCUT2D eigenvalue weighted by atomic mass is 9.71. The molecule has 0 radical (unpaired) electrons. The molecule has 130 valence electrons. The van der Waals surface area contributed by atoms with Crippen molar-refractivity contribution in [2.45, 2.75) is 26.4 Å². The van der Waals surface area contributed by atoms with E-state index in [2.05, 4.69) is 19.9 Å². The topological polar surface area (TPSA) is 95.6 Å². The SMILES string of the molecule is CC(C)(C)C(O)(c1cncnc1)c1ccc(-c2ccc(C#N)nc2)cn1. The van der Waals surface area contributed by atoms with Crippen molar-refractivity contribution in [2.75, 3.05) is 0 Å². The fourth-order valence-electron chi connectivity index (χ4n) is 2.86. The highest BCUT2D eigenvalue weighted by molar-refractivity contribution is 5.62. The van der Waals surface area contributed by atoms with Gasteiger partial charge in [0.25, 0.3) is 0 Å². The van der Waals surface area contributed by atoms with Crippen molar-refractivity contribution in [1.29, 1.82) is 5.26 Å². The minimum atomic E-state index is -1.34. The van der Waals surface area contributed by atoms with Crippen LogP contribution in [0.25, 0.3) is 11.1 Å². The van der Waals surface area contributed by atoms with Gasteiger partial charge in [-0.2, -0.15) is 5.26 Å². The van der Waals surface area contributed by atoms with E-state index in [-0.39, 0.29) is 0 Å². The van der Waals surface area contributed by atoms with Crippen LogP contribution in [0.3, 0.4) is 0 Å². The molecular formula is C20H19N5O. The van der Waals surface area contributed by atoms with Gasteiger partial charge < -0.3 is 5.11 Å². The molecule has 6 nitrogen and oxygen atoms in total. The van der Waals surface area contributed by atoms with Crippen molar-refractivity contribution in [1.82, 2.24) is 19.9 Å². The first-order chi connectivity index (χ1) is 12.4. The first-order valence-corrected chi connectivity index (χ1v) is 8.17. The van der Waals surface area contributed by atoms with Crippen LogP contribution in [-0.4, -0.2) is 25.0 Å². The number of pyridine rings is 2. The van der Waals surface area contributed by atoms with Gasteiger partial charge in [0.15, 0.2) is 0 Å². The molecule has 0 amide bonds. The summed E-state index contributed by atoms with van der Waals surface area (Å²) in [5.74, 6) is 0. The van der Waals surface area contributed by atoms with E-state index in [1.54, 1.807) is 36.9 Å². The number of aromatic nitrogens is 4. The Balaban J connectivity index is 2.03. The lowest BCUT2D eigenvalue weighted by molar-refractivity contribution is -0.0301. The molecule has 3 aromatic heterocycles. The van der Waals surface area contributed by atoms with Crippen LogP contribution in [-0.2, 0) is 5.60 Å². The third-order valence-electron chi connectivity index (χ3n) is 4.41. The van der Waals surface area contributed by atoms with E-state index in [0.29, 0.717) is 17.0 Å². The molecule has 0 spiro atoms. The summed E-state index contributed by atoms with van der Waals surface area (Å²) in [6.07, 6.45) is 7.98. The van der Waals surface area contributed by atoms with E-state index < -0.39 is 11.0 Å². The van der Waals surface area contributed by atoms with Crippen LogP contribution in [0.15, 0.2) is 55.4 Å². The largest absolute Gasteiger partial charge is 0.378 e. The first-order valence-electron chi connectivity index (χ1n) is 8.17. The van der Waals surface area contributed by atoms with E-state index in [0.717, 1.165) is 11.1 Å². The van der Waals surface area contributed by atoms with Crippen molar-refractivity contribution >= 4 is 0 Å². The third-order valence-corrected chi connectivity index (χ3v) is 4.41. The van der Waals surface area contributed by atoms with Crippen molar-refractivity contribution in [3.63, 3.8) is 0 Å². The molecule has 3 rings (SSSR count). The number of rotatable bonds is 3. The van der Waals surface area contributed by atoms with E-state index in [4.69, 9.17) is 5.26 Å². The van der Waals surface area contributed by atoms with Gasteiger partial charge in [-0.1, -0.05) is 26.8 Å². The van der Waals surface area contributed by atoms with Crippen LogP contribution in [0.2, 0.25) is 0 Å². The smallest absolute Gasteiger partial charge is 0.140 e. The molecule has 0 aromatic carbocycles. The number of hydrogen-bond acceptors (Lipinski definition) is 6. The molecule has 0 bridgehead atoms. The van der Waals surface area contributed by atoms with Gasteiger partial charge in [0.1, 0.15) is 23.7 Å². The molecule has 1 unspecified atom stereocenters. The Kier molecular flexibility index (Phi) is 4.49. The fourth-order valence-corrected chi connectivity index (χ4v) is 2.86. The maximum Gasteiger partial charge on any atom is 0.140 e. The summed E-state index contributed by atoms with van der Waals surface area (Å²) in [6, 6.07) is 9.16. The molecule has 3 heterocycles. The van der Waals surface area contributed by atoms with Gasteiger partial charge >= 0.3 is 0 Å². The average Bonchev–Trinajstić information content (AvgIpc) is 2.67. The first kappa shape index (κ1) is 17.6. The van der Waals surface area contributed by atoms with Gasteiger partial charge in [-0.15, -0.1) is 0 Å². The number of nitrogens with zero attached hydrogens (tertiary/aromatic N) is 5. The summed E-state index contributed by atoms with van der Waals surface area (Å²) in [5.41, 5.74) is 1.32. The Morgan fingerprint density at radius 3 is 1.96 bits per heavy atom. The Morgan fingerprint density at radius 2 is 1.50 bits per heavy atom. The Hall–Kier alpha value is -3.17. The van der Waals surface area contributed by atoms with E-state index in [9.17, 15) is 5.11 Å². The Morgan fingerprint density at radius 1 is 0.885 bits per heavy atom. The maximum absolute atomic E-state index is 11.5. The third kappa shape index (κ3) is 3.05. The van der Waals surface area contributed by atoms with Crippen LogP contribution >= 0.6 is 0 Å². The van der Waals surface area contributed by atoms with Gasteiger partial charge in [0, 0.05) is 46.9 Å². The molecule has 0 aliphatic rings. The minimum absolute atomic E-state index is 0.365. The summed E-state index contributed by atoms with van der Waals surface area (Å²) in [6.45, 7) is 5.83. The highest BCUT2D eigenvalue weighted by atomic mass is 16.3. The second kappa shape index (κ2) is 6.62. The molecule has 26 heavy (non-hydrogen) atoms. The molecule has 6 heteroatoms. The van der Waals surface area contributed by atoms with Crippen molar-refractivity contribution in [3.05, 3.63) is 72.3 Å².